The lowest BCUT2D eigenvalue weighted by atomic mass is 9.96. The van der Waals surface area contributed by atoms with E-state index in [0.717, 1.165) is 25.7 Å². The second-order valence-corrected chi connectivity index (χ2v) is 5.92. The van der Waals surface area contributed by atoms with E-state index in [9.17, 15) is 8.42 Å². The van der Waals surface area contributed by atoms with E-state index in [1.165, 1.54) is 6.26 Å². The predicted octanol–water partition coefficient (Wildman–Crippen LogP) is 0.777. The zero-order chi connectivity index (χ0) is 9.19. The minimum absolute atomic E-state index is 0.108. The highest BCUT2D eigenvalue weighted by Gasteiger charge is 2.21. The first kappa shape index (κ1) is 10.3. The van der Waals surface area contributed by atoms with Gasteiger partial charge in [0.1, 0.15) is 0 Å². The summed E-state index contributed by atoms with van der Waals surface area (Å²) in [6, 6.07) is 0.108. The van der Waals surface area contributed by atoms with Crippen LogP contribution in [0.4, 0.5) is 0 Å². The van der Waals surface area contributed by atoms with Gasteiger partial charge in [0.15, 0.2) is 0 Å². The monoisotopic (exact) mass is 209 g/mol. The lowest BCUT2D eigenvalue weighted by molar-refractivity contribution is 0.423. The Balaban J connectivity index is 2.43. The molecular formula is C7H15NO2S2. The molecule has 2 atom stereocenters. The molecule has 0 aromatic carbocycles. The van der Waals surface area contributed by atoms with Crippen molar-refractivity contribution in [3.05, 3.63) is 0 Å². The molecule has 1 N–H and O–H groups in total. The molecule has 1 saturated carbocycles. The summed E-state index contributed by atoms with van der Waals surface area (Å²) in [7, 11) is -3.03. The molecule has 5 heteroatoms. The van der Waals surface area contributed by atoms with E-state index in [2.05, 4.69) is 17.4 Å². The van der Waals surface area contributed by atoms with Crippen LogP contribution >= 0.6 is 12.6 Å². The van der Waals surface area contributed by atoms with E-state index < -0.39 is 10.0 Å². The molecule has 72 valence electrons. The van der Waals surface area contributed by atoms with Crippen LogP contribution in [0.5, 0.6) is 0 Å². The van der Waals surface area contributed by atoms with Gasteiger partial charge < -0.3 is 0 Å². The maximum Gasteiger partial charge on any atom is 0.208 e. The second-order valence-electron chi connectivity index (χ2n) is 3.41. The molecule has 0 aromatic rings. The Hall–Kier alpha value is 0.260. The Bertz CT molecular complexity index is 238. The van der Waals surface area contributed by atoms with Gasteiger partial charge in [-0.2, -0.15) is 12.6 Å². The van der Waals surface area contributed by atoms with Crippen LogP contribution in [0.25, 0.3) is 0 Å². The fourth-order valence-corrected chi connectivity index (χ4v) is 2.83. The topological polar surface area (TPSA) is 46.2 Å². The van der Waals surface area contributed by atoms with Crippen molar-refractivity contribution in [1.29, 1.82) is 0 Å². The largest absolute Gasteiger partial charge is 0.213 e. The van der Waals surface area contributed by atoms with Gasteiger partial charge >= 0.3 is 0 Å². The molecule has 0 bridgehead atoms. The number of hydrogen-bond acceptors (Lipinski definition) is 3. The van der Waals surface area contributed by atoms with Crippen LogP contribution in [0, 0.1) is 0 Å². The molecule has 2 unspecified atom stereocenters. The maximum absolute atomic E-state index is 10.9. The molecule has 0 aliphatic heterocycles. The SMILES string of the molecule is CS(=O)(=O)NC1CCCC(S)C1. The molecule has 0 saturated heterocycles. The maximum atomic E-state index is 10.9. The van der Waals surface area contributed by atoms with Crippen LogP contribution in [-0.4, -0.2) is 26.0 Å². The second kappa shape index (κ2) is 3.98. The summed E-state index contributed by atoms with van der Waals surface area (Å²) in [6.07, 6.45) is 5.18. The molecule has 0 heterocycles. The van der Waals surface area contributed by atoms with Gasteiger partial charge in [0, 0.05) is 11.3 Å². The number of nitrogens with one attached hydrogen (secondary N) is 1. The molecule has 0 amide bonds. The summed E-state index contributed by atoms with van der Waals surface area (Å²) in [4.78, 5) is 0. The van der Waals surface area contributed by atoms with E-state index in [4.69, 9.17) is 0 Å². The zero-order valence-corrected chi connectivity index (χ0v) is 8.87. The number of rotatable bonds is 2. The Kier molecular flexibility index (Phi) is 3.43. The van der Waals surface area contributed by atoms with Crippen molar-refractivity contribution in [2.24, 2.45) is 0 Å². The molecule has 1 fully saturated rings. The van der Waals surface area contributed by atoms with Crippen molar-refractivity contribution in [1.82, 2.24) is 4.72 Å². The average molecular weight is 209 g/mol. The molecule has 0 aromatic heterocycles. The Morgan fingerprint density at radius 3 is 2.58 bits per heavy atom. The third-order valence-corrected chi connectivity index (χ3v) is 3.26. The third-order valence-electron chi connectivity index (χ3n) is 2.03. The molecule has 1 aliphatic carbocycles. The van der Waals surface area contributed by atoms with Gasteiger partial charge in [0.2, 0.25) is 10.0 Å². The first-order chi connectivity index (χ1) is 5.47. The number of thiol groups is 1. The van der Waals surface area contributed by atoms with Crippen LogP contribution in [0.2, 0.25) is 0 Å². The van der Waals surface area contributed by atoms with Gasteiger partial charge in [-0.25, -0.2) is 13.1 Å². The first-order valence-corrected chi connectivity index (χ1v) is 6.53. The summed E-state index contributed by atoms with van der Waals surface area (Å²) >= 11 is 4.34. The van der Waals surface area contributed by atoms with Crippen molar-refractivity contribution in [2.45, 2.75) is 37.0 Å². The number of hydrogen-bond donors (Lipinski definition) is 2. The summed E-state index contributed by atoms with van der Waals surface area (Å²) in [6.45, 7) is 0. The van der Waals surface area contributed by atoms with E-state index in [1.54, 1.807) is 0 Å². The van der Waals surface area contributed by atoms with Crippen molar-refractivity contribution in [3.8, 4) is 0 Å². The minimum atomic E-state index is -3.03. The third kappa shape index (κ3) is 3.78. The quantitative estimate of drug-likeness (QED) is 0.660. The highest BCUT2D eigenvalue weighted by Crippen LogP contribution is 2.22. The van der Waals surface area contributed by atoms with Gasteiger partial charge in [0.05, 0.1) is 6.26 Å². The Labute approximate surface area is 79.4 Å². The van der Waals surface area contributed by atoms with E-state index in [-0.39, 0.29) is 6.04 Å². The summed E-state index contributed by atoms with van der Waals surface area (Å²) in [5.74, 6) is 0. The lowest BCUT2D eigenvalue weighted by Crippen LogP contribution is -2.37. The Morgan fingerprint density at radius 1 is 1.42 bits per heavy atom. The zero-order valence-electron chi connectivity index (χ0n) is 7.16. The first-order valence-electron chi connectivity index (χ1n) is 4.13. The summed E-state index contributed by atoms with van der Waals surface area (Å²) < 4.78 is 24.4. The van der Waals surface area contributed by atoms with Crippen LogP contribution in [0.1, 0.15) is 25.7 Å². The van der Waals surface area contributed by atoms with Crippen LogP contribution in [0.3, 0.4) is 0 Å². The molecule has 1 rings (SSSR count). The highest BCUT2D eigenvalue weighted by molar-refractivity contribution is 7.88. The number of sulfonamides is 1. The van der Waals surface area contributed by atoms with E-state index in [0.29, 0.717) is 5.25 Å². The predicted molar refractivity (Wildman–Crippen MR) is 53.0 cm³/mol. The van der Waals surface area contributed by atoms with Crippen molar-refractivity contribution >= 4 is 22.7 Å². The van der Waals surface area contributed by atoms with Crippen LogP contribution in [0.15, 0.2) is 0 Å². The molecular weight excluding hydrogens is 194 g/mol. The summed E-state index contributed by atoms with van der Waals surface area (Å²) in [5, 5.41) is 0.359. The van der Waals surface area contributed by atoms with Crippen molar-refractivity contribution in [2.75, 3.05) is 6.26 Å². The molecule has 0 radical (unpaired) electrons. The normalized spacial score (nSPS) is 31.8. The van der Waals surface area contributed by atoms with Gasteiger partial charge in [0.25, 0.3) is 0 Å². The van der Waals surface area contributed by atoms with Gasteiger partial charge in [-0.15, -0.1) is 0 Å². The highest BCUT2D eigenvalue weighted by atomic mass is 32.2. The molecule has 0 spiro atoms. The smallest absolute Gasteiger partial charge is 0.208 e. The molecule has 3 nitrogen and oxygen atoms in total. The lowest BCUT2D eigenvalue weighted by Gasteiger charge is -2.25. The van der Waals surface area contributed by atoms with Gasteiger partial charge in [-0.3, -0.25) is 0 Å². The minimum Gasteiger partial charge on any atom is -0.213 e. The van der Waals surface area contributed by atoms with E-state index >= 15 is 0 Å². The van der Waals surface area contributed by atoms with Crippen molar-refractivity contribution in [3.63, 3.8) is 0 Å². The summed E-state index contributed by atoms with van der Waals surface area (Å²) in [5.41, 5.74) is 0. The Morgan fingerprint density at radius 2 is 2.08 bits per heavy atom. The van der Waals surface area contributed by atoms with Gasteiger partial charge in [-0.05, 0) is 19.3 Å². The van der Waals surface area contributed by atoms with Crippen LogP contribution in [-0.2, 0) is 10.0 Å². The standard InChI is InChI=1S/C7H15NO2S2/c1-12(9,10)8-6-3-2-4-7(11)5-6/h6-8,11H,2-5H2,1H3. The van der Waals surface area contributed by atoms with Gasteiger partial charge in [-0.1, -0.05) is 6.42 Å². The molecule has 1 aliphatic rings. The van der Waals surface area contributed by atoms with Crippen LogP contribution < -0.4 is 4.72 Å². The van der Waals surface area contributed by atoms with Crippen molar-refractivity contribution < 1.29 is 8.42 Å². The fourth-order valence-electron chi connectivity index (χ4n) is 1.57. The molecule has 12 heavy (non-hydrogen) atoms. The van der Waals surface area contributed by atoms with E-state index in [1.807, 2.05) is 0 Å². The fraction of sp³-hybridized carbons (Fsp3) is 1.00. The average Bonchev–Trinajstić information content (AvgIpc) is 1.82.